The number of hydrogen-bond acceptors (Lipinski definition) is 1. The van der Waals surface area contributed by atoms with E-state index in [-0.39, 0.29) is 0 Å². The van der Waals surface area contributed by atoms with E-state index in [9.17, 15) is 0 Å². The molecule has 0 aromatic carbocycles. The summed E-state index contributed by atoms with van der Waals surface area (Å²) < 4.78 is 6.55. The fraction of sp³-hybridized carbons (Fsp3) is 1.00. The van der Waals surface area contributed by atoms with Crippen LogP contribution in [0.1, 0.15) is 118 Å². The second kappa shape index (κ2) is 16.3. The van der Waals surface area contributed by atoms with Crippen molar-refractivity contribution in [2.24, 2.45) is 0 Å². The van der Waals surface area contributed by atoms with Crippen LogP contribution in [0.3, 0.4) is 0 Å². The number of unbranched alkanes of at least 4 members (excludes halogenated alkanes) is 6. The predicted molar refractivity (Wildman–Crippen MR) is 96.0 cm³/mol. The van der Waals surface area contributed by atoms with E-state index in [1.165, 1.54) is 89.9 Å². The van der Waals surface area contributed by atoms with Crippen molar-refractivity contribution in [2.75, 3.05) is 0 Å². The number of rotatable bonds is 16. The third-order valence-electron chi connectivity index (χ3n) is 4.40. The molecule has 128 valence electrons. The molecule has 1 heteroatoms. The Morgan fingerprint density at radius 3 is 1.14 bits per heavy atom. The van der Waals surface area contributed by atoms with Gasteiger partial charge in [0.1, 0.15) is 0 Å². The average Bonchev–Trinajstić information content (AvgIpc) is 2.50. The van der Waals surface area contributed by atoms with Crippen molar-refractivity contribution in [1.82, 2.24) is 0 Å². The van der Waals surface area contributed by atoms with Gasteiger partial charge in [0, 0.05) is 0 Å². The Hall–Kier alpha value is -0.0400. The van der Waals surface area contributed by atoms with Crippen LogP contribution in [-0.4, -0.2) is 12.2 Å². The predicted octanol–water partition coefficient (Wildman–Crippen LogP) is 7.28. The van der Waals surface area contributed by atoms with Gasteiger partial charge in [0.2, 0.25) is 0 Å². The topological polar surface area (TPSA) is 9.23 Å². The molecule has 0 aromatic heterocycles. The first-order valence-corrected chi connectivity index (χ1v) is 9.93. The Labute approximate surface area is 135 Å². The molecule has 0 saturated heterocycles. The van der Waals surface area contributed by atoms with Gasteiger partial charge in [-0.3, -0.25) is 0 Å². The van der Waals surface area contributed by atoms with Crippen LogP contribution in [0.2, 0.25) is 0 Å². The summed E-state index contributed by atoms with van der Waals surface area (Å²) in [6, 6.07) is 0. The van der Waals surface area contributed by atoms with E-state index in [1.807, 2.05) is 0 Å². The molecule has 0 fully saturated rings. The van der Waals surface area contributed by atoms with Crippen molar-refractivity contribution >= 4 is 0 Å². The lowest BCUT2D eigenvalue weighted by Gasteiger charge is -2.25. The van der Waals surface area contributed by atoms with Gasteiger partial charge >= 0.3 is 0 Å². The summed E-state index contributed by atoms with van der Waals surface area (Å²) in [4.78, 5) is 0. The van der Waals surface area contributed by atoms with E-state index >= 15 is 0 Å². The van der Waals surface area contributed by atoms with Gasteiger partial charge in [-0.1, -0.05) is 91.9 Å². The van der Waals surface area contributed by atoms with Crippen molar-refractivity contribution in [2.45, 2.75) is 130 Å². The molecule has 2 atom stereocenters. The van der Waals surface area contributed by atoms with Gasteiger partial charge in [0.15, 0.2) is 0 Å². The fourth-order valence-corrected chi connectivity index (χ4v) is 2.94. The van der Waals surface area contributed by atoms with E-state index in [0.717, 1.165) is 0 Å². The molecule has 0 aliphatic rings. The summed E-state index contributed by atoms with van der Waals surface area (Å²) in [5.74, 6) is 0. The third-order valence-corrected chi connectivity index (χ3v) is 4.40. The molecule has 0 saturated carbocycles. The van der Waals surface area contributed by atoms with Gasteiger partial charge in [-0.2, -0.15) is 0 Å². The van der Waals surface area contributed by atoms with Crippen molar-refractivity contribution in [3.8, 4) is 0 Å². The molecule has 2 unspecified atom stereocenters. The summed E-state index contributed by atoms with van der Waals surface area (Å²) in [5.41, 5.74) is 0. The molecule has 0 spiro atoms. The lowest BCUT2D eigenvalue weighted by atomic mass is 10.0. The summed E-state index contributed by atoms with van der Waals surface area (Å²) in [7, 11) is 0. The molecule has 0 rings (SSSR count). The minimum absolute atomic E-state index is 0.528. The van der Waals surface area contributed by atoms with Crippen molar-refractivity contribution in [3.63, 3.8) is 0 Å². The standard InChI is InChI=1S/C20H42O/c1-5-9-13-17-19(15-11-7-3)21-20(16-12-8-4)18-14-10-6-2/h19-20H,5-18H2,1-4H3. The maximum absolute atomic E-state index is 6.55. The number of hydrogen-bond donors (Lipinski definition) is 0. The number of ether oxygens (including phenoxy) is 1. The molecule has 0 heterocycles. The maximum Gasteiger partial charge on any atom is 0.0578 e. The molecule has 0 amide bonds. The summed E-state index contributed by atoms with van der Waals surface area (Å²) in [6.45, 7) is 9.16. The van der Waals surface area contributed by atoms with Crippen LogP contribution in [0, 0.1) is 0 Å². The normalized spacial score (nSPS) is 14.3. The minimum atomic E-state index is 0.528. The Bertz CT molecular complexity index is 170. The highest BCUT2D eigenvalue weighted by Gasteiger charge is 2.16. The van der Waals surface area contributed by atoms with Crippen LogP contribution in [-0.2, 0) is 4.74 Å². The first kappa shape index (κ1) is 21.0. The van der Waals surface area contributed by atoms with Crippen LogP contribution in [0.5, 0.6) is 0 Å². The molecule has 0 radical (unpaired) electrons. The van der Waals surface area contributed by atoms with Crippen LogP contribution in [0.25, 0.3) is 0 Å². The molecule has 0 N–H and O–H groups in total. The molecule has 0 aliphatic heterocycles. The molecule has 0 aliphatic carbocycles. The van der Waals surface area contributed by atoms with Crippen LogP contribution in [0.4, 0.5) is 0 Å². The van der Waals surface area contributed by atoms with E-state index in [2.05, 4.69) is 27.7 Å². The zero-order valence-electron chi connectivity index (χ0n) is 15.5. The largest absolute Gasteiger partial charge is 0.375 e. The maximum atomic E-state index is 6.55. The van der Waals surface area contributed by atoms with E-state index in [0.29, 0.717) is 12.2 Å². The lowest BCUT2D eigenvalue weighted by molar-refractivity contribution is -0.0320. The summed E-state index contributed by atoms with van der Waals surface area (Å²) in [6.07, 6.45) is 19.5. The molecule has 21 heavy (non-hydrogen) atoms. The van der Waals surface area contributed by atoms with Crippen molar-refractivity contribution < 1.29 is 4.74 Å². The second-order valence-corrected chi connectivity index (χ2v) is 6.66. The molecule has 0 aromatic rings. The SMILES string of the molecule is CCCCCC(CCCC)OC(CCCC)CCCCC. The Balaban J connectivity index is 4.22. The lowest BCUT2D eigenvalue weighted by Crippen LogP contribution is -2.22. The molecular weight excluding hydrogens is 256 g/mol. The van der Waals surface area contributed by atoms with Crippen LogP contribution in [0.15, 0.2) is 0 Å². The minimum Gasteiger partial charge on any atom is -0.375 e. The monoisotopic (exact) mass is 298 g/mol. The highest BCUT2D eigenvalue weighted by molar-refractivity contribution is 4.66. The van der Waals surface area contributed by atoms with Gasteiger partial charge in [-0.25, -0.2) is 0 Å². The highest BCUT2D eigenvalue weighted by Crippen LogP contribution is 2.21. The highest BCUT2D eigenvalue weighted by atomic mass is 16.5. The first-order valence-electron chi connectivity index (χ1n) is 9.93. The van der Waals surface area contributed by atoms with E-state index in [4.69, 9.17) is 4.74 Å². The van der Waals surface area contributed by atoms with Crippen molar-refractivity contribution in [1.29, 1.82) is 0 Å². The van der Waals surface area contributed by atoms with E-state index in [1.54, 1.807) is 0 Å². The molecule has 0 bridgehead atoms. The quantitative estimate of drug-likeness (QED) is 0.272. The van der Waals surface area contributed by atoms with Gasteiger partial charge in [0.25, 0.3) is 0 Å². The molecule has 1 nitrogen and oxygen atoms in total. The van der Waals surface area contributed by atoms with Crippen LogP contribution >= 0.6 is 0 Å². The third kappa shape index (κ3) is 13.4. The Morgan fingerprint density at radius 2 is 0.810 bits per heavy atom. The first-order chi connectivity index (χ1) is 10.3. The second-order valence-electron chi connectivity index (χ2n) is 6.66. The van der Waals surface area contributed by atoms with Gasteiger partial charge < -0.3 is 4.74 Å². The molecular formula is C20H42O. The summed E-state index contributed by atoms with van der Waals surface area (Å²) >= 11 is 0. The zero-order chi connectivity index (χ0) is 15.8. The Kier molecular flexibility index (Phi) is 16.3. The van der Waals surface area contributed by atoms with Crippen molar-refractivity contribution in [3.05, 3.63) is 0 Å². The van der Waals surface area contributed by atoms with Gasteiger partial charge in [0.05, 0.1) is 12.2 Å². The smallest absolute Gasteiger partial charge is 0.0578 e. The zero-order valence-corrected chi connectivity index (χ0v) is 15.5. The van der Waals surface area contributed by atoms with E-state index < -0.39 is 0 Å². The average molecular weight is 299 g/mol. The fourth-order valence-electron chi connectivity index (χ4n) is 2.94. The van der Waals surface area contributed by atoms with Gasteiger partial charge in [-0.15, -0.1) is 0 Å². The van der Waals surface area contributed by atoms with Gasteiger partial charge in [-0.05, 0) is 25.7 Å². The Morgan fingerprint density at radius 1 is 0.476 bits per heavy atom. The summed E-state index contributed by atoms with van der Waals surface area (Å²) in [5, 5.41) is 0. The van der Waals surface area contributed by atoms with Crippen LogP contribution < -0.4 is 0 Å².